The summed E-state index contributed by atoms with van der Waals surface area (Å²) in [5, 5.41) is 8.10. The van der Waals surface area contributed by atoms with Gasteiger partial charge in [0.1, 0.15) is 0 Å². The van der Waals surface area contributed by atoms with Gasteiger partial charge >= 0.3 is 0 Å². The lowest BCUT2D eigenvalue weighted by Crippen LogP contribution is -2.29. The van der Waals surface area contributed by atoms with Crippen molar-refractivity contribution in [2.45, 2.75) is 17.4 Å². The molecule has 7 heteroatoms. The highest BCUT2D eigenvalue weighted by atomic mass is 79.9. The Balaban J connectivity index is 2.14. The minimum atomic E-state index is -0.266. The number of halogens is 1. The molecule has 0 saturated carbocycles. The van der Waals surface area contributed by atoms with E-state index >= 15 is 0 Å². The summed E-state index contributed by atoms with van der Waals surface area (Å²) in [6.45, 7) is 1.81. The van der Waals surface area contributed by atoms with Crippen LogP contribution in [0.1, 0.15) is 6.92 Å². The van der Waals surface area contributed by atoms with E-state index in [-0.39, 0.29) is 11.2 Å². The van der Waals surface area contributed by atoms with Crippen LogP contribution in [0.4, 0.5) is 0 Å². The van der Waals surface area contributed by atoms with Crippen molar-refractivity contribution in [2.75, 3.05) is 14.1 Å². The summed E-state index contributed by atoms with van der Waals surface area (Å²) in [5.74, 6) is 0.445. The molecule has 0 N–H and O–H groups in total. The molecule has 0 fully saturated rings. The molecule has 106 valence electrons. The van der Waals surface area contributed by atoms with Gasteiger partial charge in [0.05, 0.1) is 10.8 Å². The van der Waals surface area contributed by atoms with Crippen LogP contribution in [0.3, 0.4) is 0 Å². The van der Waals surface area contributed by atoms with Gasteiger partial charge in [-0.1, -0.05) is 23.9 Å². The van der Waals surface area contributed by atoms with Crippen molar-refractivity contribution in [3.8, 4) is 11.5 Å². The Hall–Kier alpha value is -1.34. The predicted molar refractivity (Wildman–Crippen MR) is 81.4 cm³/mol. The topological polar surface area (TPSA) is 59.2 Å². The first-order chi connectivity index (χ1) is 9.49. The summed E-state index contributed by atoms with van der Waals surface area (Å²) in [6, 6.07) is 7.61. The molecule has 20 heavy (non-hydrogen) atoms. The number of carbonyl (C=O) groups is 1. The van der Waals surface area contributed by atoms with Crippen molar-refractivity contribution in [1.29, 1.82) is 0 Å². The lowest BCUT2D eigenvalue weighted by atomic mass is 10.2. The fourth-order valence-corrected chi connectivity index (χ4v) is 2.85. The van der Waals surface area contributed by atoms with Gasteiger partial charge in [-0.05, 0) is 35.0 Å². The SMILES string of the molecule is C[C@@H](Sc1nnc(-c2ccccc2Br)o1)C(=O)N(C)C. The molecule has 0 aliphatic heterocycles. The molecule has 2 rings (SSSR count). The molecule has 0 radical (unpaired) electrons. The largest absolute Gasteiger partial charge is 0.411 e. The molecule has 1 aromatic heterocycles. The number of benzene rings is 1. The summed E-state index contributed by atoms with van der Waals surface area (Å²) in [4.78, 5) is 13.3. The second-order valence-electron chi connectivity index (χ2n) is 4.35. The summed E-state index contributed by atoms with van der Waals surface area (Å²) in [5.41, 5.74) is 0.832. The summed E-state index contributed by atoms with van der Waals surface area (Å²) in [6.07, 6.45) is 0. The average Bonchev–Trinajstić information content (AvgIpc) is 2.86. The fourth-order valence-electron chi connectivity index (χ4n) is 1.57. The minimum absolute atomic E-state index is 0.00985. The molecule has 0 aliphatic rings. The Morgan fingerprint density at radius 3 is 2.70 bits per heavy atom. The number of thioether (sulfide) groups is 1. The van der Waals surface area contributed by atoms with Gasteiger partial charge in [-0.2, -0.15) is 0 Å². The lowest BCUT2D eigenvalue weighted by Gasteiger charge is -2.14. The van der Waals surface area contributed by atoms with Gasteiger partial charge in [0.2, 0.25) is 11.8 Å². The van der Waals surface area contributed by atoms with Crippen molar-refractivity contribution in [3.05, 3.63) is 28.7 Å². The van der Waals surface area contributed by atoms with Crippen LogP contribution in [0.25, 0.3) is 11.5 Å². The number of aromatic nitrogens is 2. The van der Waals surface area contributed by atoms with Crippen LogP contribution in [0.2, 0.25) is 0 Å². The number of amides is 1. The fraction of sp³-hybridized carbons (Fsp3) is 0.308. The highest BCUT2D eigenvalue weighted by Gasteiger charge is 2.20. The molecular formula is C13H14BrN3O2S. The van der Waals surface area contributed by atoms with Gasteiger partial charge in [0.25, 0.3) is 5.22 Å². The number of hydrogen-bond donors (Lipinski definition) is 0. The Bertz CT molecular complexity index is 615. The number of carbonyl (C=O) groups excluding carboxylic acids is 1. The van der Waals surface area contributed by atoms with Crippen molar-refractivity contribution in [2.24, 2.45) is 0 Å². The Morgan fingerprint density at radius 1 is 1.35 bits per heavy atom. The molecule has 1 amide bonds. The van der Waals surface area contributed by atoms with Crippen LogP contribution >= 0.6 is 27.7 Å². The van der Waals surface area contributed by atoms with E-state index in [1.54, 1.807) is 19.0 Å². The first kappa shape index (κ1) is 15.1. The van der Waals surface area contributed by atoms with Crippen molar-refractivity contribution in [1.82, 2.24) is 15.1 Å². The maximum absolute atomic E-state index is 11.8. The van der Waals surface area contributed by atoms with E-state index in [0.717, 1.165) is 10.0 Å². The van der Waals surface area contributed by atoms with Gasteiger partial charge in [-0.15, -0.1) is 10.2 Å². The smallest absolute Gasteiger partial charge is 0.277 e. The van der Waals surface area contributed by atoms with E-state index in [1.807, 2.05) is 31.2 Å². The molecule has 2 aromatic rings. The first-order valence-electron chi connectivity index (χ1n) is 5.95. The normalized spacial score (nSPS) is 12.2. The third kappa shape index (κ3) is 3.40. The van der Waals surface area contributed by atoms with Crippen LogP contribution in [-0.2, 0) is 4.79 Å². The Morgan fingerprint density at radius 2 is 2.05 bits per heavy atom. The van der Waals surface area contributed by atoms with E-state index in [4.69, 9.17) is 4.42 Å². The molecule has 0 spiro atoms. The first-order valence-corrected chi connectivity index (χ1v) is 7.62. The van der Waals surface area contributed by atoms with Crippen LogP contribution in [-0.4, -0.2) is 40.3 Å². The van der Waals surface area contributed by atoms with E-state index < -0.39 is 0 Å². The second-order valence-corrected chi connectivity index (χ2v) is 6.49. The molecule has 5 nitrogen and oxygen atoms in total. The van der Waals surface area contributed by atoms with Crippen LogP contribution < -0.4 is 0 Å². The molecule has 0 aliphatic carbocycles. The Labute approximate surface area is 129 Å². The summed E-state index contributed by atoms with van der Waals surface area (Å²) in [7, 11) is 3.44. The zero-order valence-corrected chi connectivity index (χ0v) is 13.7. The highest BCUT2D eigenvalue weighted by Crippen LogP contribution is 2.30. The number of hydrogen-bond acceptors (Lipinski definition) is 5. The molecule has 0 unspecified atom stereocenters. The number of rotatable bonds is 4. The average molecular weight is 356 g/mol. The van der Waals surface area contributed by atoms with Crippen LogP contribution in [0.15, 0.2) is 38.4 Å². The summed E-state index contributed by atoms with van der Waals surface area (Å²) >= 11 is 4.69. The standard InChI is InChI=1S/C13H14BrN3O2S/c1-8(12(18)17(2)3)20-13-16-15-11(19-13)9-6-4-5-7-10(9)14/h4-8H,1-3H3/t8-/m1/s1. The van der Waals surface area contributed by atoms with Gasteiger partial charge in [-0.3, -0.25) is 4.79 Å². The molecule has 1 atom stereocenters. The van der Waals surface area contributed by atoms with Crippen molar-refractivity contribution in [3.63, 3.8) is 0 Å². The van der Waals surface area contributed by atoms with Crippen molar-refractivity contribution < 1.29 is 9.21 Å². The molecule has 1 heterocycles. The van der Waals surface area contributed by atoms with E-state index in [1.165, 1.54) is 11.8 Å². The monoisotopic (exact) mass is 355 g/mol. The Kier molecular flexibility index (Phi) is 4.82. The van der Waals surface area contributed by atoms with Gasteiger partial charge in [-0.25, -0.2) is 0 Å². The molecule has 0 bridgehead atoms. The zero-order chi connectivity index (χ0) is 14.7. The lowest BCUT2D eigenvalue weighted by molar-refractivity contribution is -0.127. The van der Waals surface area contributed by atoms with Gasteiger partial charge in [0.15, 0.2) is 0 Å². The summed E-state index contributed by atoms with van der Waals surface area (Å²) < 4.78 is 6.48. The third-order valence-corrected chi connectivity index (χ3v) is 4.19. The second kappa shape index (κ2) is 6.41. The van der Waals surface area contributed by atoms with Gasteiger partial charge in [0, 0.05) is 18.6 Å². The maximum atomic E-state index is 11.8. The molecule has 1 aromatic carbocycles. The maximum Gasteiger partial charge on any atom is 0.277 e. The highest BCUT2D eigenvalue weighted by molar-refractivity contribution is 9.10. The van der Waals surface area contributed by atoms with E-state index in [9.17, 15) is 4.79 Å². The predicted octanol–water partition coefficient (Wildman–Crippen LogP) is 3.07. The van der Waals surface area contributed by atoms with Gasteiger partial charge < -0.3 is 9.32 Å². The molecule has 0 saturated heterocycles. The molecular weight excluding hydrogens is 342 g/mol. The van der Waals surface area contributed by atoms with E-state index in [0.29, 0.717) is 11.1 Å². The van der Waals surface area contributed by atoms with Crippen LogP contribution in [0, 0.1) is 0 Å². The van der Waals surface area contributed by atoms with E-state index in [2.05, 4.69) is 26.1 Å². The van der Waals surface area contributed by atoms with Crippen LogP contribution in [0.5, 0.6) is 0 Å². The van der Waals surface area contributed by atoms with Crippen molar-refractivity contribution >= 4 is 33.6 Å². The number of nitrogens with zero attached hydrogens (tertiary/aromatic N) is 3. The zero-order valence-electron chi connectivity index (χ0n) is 11.3. The third-order valence-electron chi connectivity index (χ3n) is 2.58. The quantitative estimate of drug-likeness (QED) is 0.788. The minimum Gasteiger partial charge on any atom is -0.411 e.